The van der Waals surface area contributed by atoms with Crippen LogP contribution in [0.25, 0.3) is 20.9 Å². The Bertz CT molecular complexity index is 1090. The first kappa shape index (κ1) is 17.5. The lowest BCUT2D eigenvalue weighted by atomic mass is 10.1. The number of halogens is 3. The summed E-state index contributed by atoms with van der Waals surface area (Å²) in [7, 11) is 1.61. The SMILES string of the molecule is COc1ccc2nc(-c3cn(Cc4ccc(C(F)(F)F)cc4)nn3)sc2c1. The van der Waals surface area contributed by atoms with Crippen LogP contribution in [0.1, 0.15) is 11.1 Å². The molecule has 0 saturated carbocycles. The number of nitrogens with zero attached hydrogens (tertiary/aromatic N) is 4. The van der Waals surface area contributed by atoms with Crippen molar-refractivity contribution in [3.63, 3.8) is 0 Å². The molecule has 5 nitrogen and oxygen atoms in total. The minimum atomic E-state index is -4.34. The molecule has 138 valence electrons. The van der Waals surface area contributed by atoms with Crippen LogP contribution in [0, 0.1) is 0 Å². The van der Waals surface area contributed by atoms with Crippen molar-refractivity contribution in [2.75, 3.05) is 7.11 Å². The van der Waals surface area contributed by atoms with Crippen LogP contribution in [-0.4, -0.2) is 27.1 Å². The van der Waals surface area contributed by atoms with E-state index in [0.29, 0.717) is 17.8 Å². The summed E-state index contributed by atoms with van der Waals surface area (Å²) in [6.45, 7) is 0.323. The Hall–Kier alpha value is -2.94. The Balaban J connectivity index is 1.55. The molecule has 0 bridgehead atoms. The van der Waals surface area contributed by atoms with Crippen molar-refractivity contribution >= 4 is 21.6 Å². The van der Waals surface area contributed by atoms with E-state index in [-0.39, 0.29) is 0 Å². The molecule has 0 radical (unpaired) electrons. The van der Waals surface area contributed by atoms with Gasteiger partial charge < -0.3 is 4.74 Å². The molecule has 4 rings (SSSR count). The molecule has 27 heavy (non-hydrogen) atoms. The number of fused-ring (bicyclic) bond motifs is 1. The molecule has 0 aliphatic carbocycles. The summed E-state index contributed by atoms with van der Waals surface area (Å²) in [6, 6.07) is 10.6. The van der Waals surface area contributed by atoms with Gasteiger partial charge in [-0.1, -0.05) is 17.3 Å². The smallest absolute Gasteiger partial charge is 0.416 e. The Morgan fingerprint density at radius 1 is 1.11 bits per heavy atom. The molecule has 9 heteroatoms. The second-order valence-electron chi connectivity index (χ2n) is 5.85. The fourth-order valence-electron chi connectivity index (χ4n) is 2.60. The molecule has 2 aromatic heterocycles. The van der Waals surface area contributed by atoms with Gasteiger partial charge in [0.05, 0.1) is 35.6 Å². The number of rotatable bonds is 4. The first-order valence-corrected chi connectivity index (χ1v) is 8.75. The van der Waals surface area contributed by atoms with Crippen molar-refractivity contribution in [2.24, 2.45) is 0 Å². The van der Waals surface area contributed by atoms with Crippen LogP contribution in [0.3, 0.4) is 0 Å². The van der Waals surface area contributed by atoms with Gasteiger partial charge in [-0.3, -0.25) is 0 Å². The molecule has 0 amide bonds. The van der Waals surface area contributed by atoms with E-state index in [1.165, 1.54) is 23.5 Å². The molecule has 2 aromatic carbocycles. The molecular formula is C18H13F3N4OS. The molecule has 0 atom stereocenters. The van der Waals surface area contributed by atoms with Gasteiger partial charge in [0.2, 0.25) is 0 Å². The third kappa shape index (κ3) is 3.63. The van der Waals surface area contributed by atoms with Gasteiger partial charge in [-0.25, -0.2) is 9.67 Å². The molecule has 0 unspecified atom stereocenters. The van der Waals surface area contributed by atoms with Gasteiger partial charge in [0.1, 0.15) is 16.5 Å². The lowest BCUT2D eigenvalue weighted by Gasteiger charge is -2.07. The zero-order valence-electron chi connectivity index (χ0n) is 14.1. The quantitative estimate of drug-likeness (QED) is 0.510. The highest BCUT2D eigenvalue weighted by molar-refractivity contribution is 7.21. The van der Waals surface area contributed by atoms with Crippen LogP contribution < -0.4 is 4.74 Å². The fraction of sp³-hybridized carbons (Fsp3) is 0.167. The van der Waals surface area contributed by atoms with Gasteiger partial charge in [-0.05, 0) is 35.9 Å². The number of hydrogen-bond acceptors (Lipinski definition) is 5. The Labute approximate surface area is 156 Å². The number of aromatic nitrogens is 4. The molecule has 0 aliphatic rings. The summed E-state index contributed by atoms with van der Waals surface area (Å²) in [6.07, 6.45) is -2.61. The summed E-state index contributed by atoms with van der Waals surface area (Å²) < 4.78 is 45.7. The maximum absolute atomic E-state index is 12.6. The largest absolute Gasteiger partial charge is 0.497 e. The van der Waals surface area contributed by atoms with Crippen molar-refractivity contribution in [3.8, 4) is 16.5 Å². The van der Waals surface area contributed by atoms with Gasteiger partial charge in [0, 0.05) is 0 Å². The normalized spacial score (nSPS) is 11.9. The Morgan fingerprint density at radius 2 is 1.89 bits per heavy atom. The first-order valence-electron chi connectivity index (χ1n) is 7.93. The van der Waals surface area contributed by atoms with Crippen molar-refractivity contribution in [3.05, 3.63) is 59.8 Å². The minimum absolute atomic E-state index is 0.323. The average Bonchev–Trinajstić information content (AvgIpc) is 3.27. The highest BCUT2D eigenvalue weighted by atomic mass is 32.1. The molecular weight excluding hydrogens is 377 g/mol. The maximum Gasteiger partial charge on any atom is 0.416 e. The molecule has 0 fully saturated rings. The zero-order chi connectivity index (χ0) is 19.0. The summed E-state index contributed by atoms with van der Waals surface area (Å²) in [5.74, 6) is 0.753. The van der Waals surface area contributed by atoms with Crippen LogP contribution in [0.5, 0.6) is 5.75 Å². The van der Waals surface area contributed by atoms with Gasteiger partial charge in [0.15, 0.2) is 0 Å². The highest BCUT2D eigenvalue weighted by Crippen LogP contribution is 2.31. The lowest BCUT2D eigenvalue weighted by molar-refractivity contribution is -0.137. The van der Waals surface area contributed by atoms with Crippen LogP contribution in [0.15, 0.2) is 48.7 Å². The number of methoxy groups -OCH3 is 1. The van der Waals surface area contributed by atoms with E-state index in [1.807, 2.05) is 18.2 Å². The molecule has 0 aliphatic heterocycles. The number of ether oxygens (including phenoxy) is 1. The fourth-order valence-corrected chi connectivity index (χ4v) is 3.55. The van der Waals surface area contributed by atoms with E-state index < -0.39 is 11.7 Å². The second-order valence-corrected chi connectivity index (χ2v) is 6.88. The van der Waals surface area contributed by atoms with Gasteiger partial charge in [-0.15, -0.1) is 16.4 Å². The maximum atomic E-state index is 12.6. The lowest BCUT2D eigenvalue weighted by Crippen LogP contribution is -2.05. The van der Waals surface area contributed by atoms with E-state index >= 15 is 0 Å². The van der Waals surface area contributed by atoms with E-state index in [1.54, 1.807) is 18.0 Å². The minimum Gasteiger partial charge on any atom is -0.497 e. The van der Waals surface area contributed by atoms with Crippen LogP contribution in [0.2, 0.25) is 0 Å². The first-order chi connectivity index (χ1) is 12.9. The molecule has 0 saturated heterocycles. The summed E-state index contributed by atoms with van der Waals surface area (Å²) in [4.78, 5) is 4.54. The van der Waals surface area contributed by atoms with Gasteiger partial charge in [-0.2, -0.15) is 13.2 Å². The Kier molecular flexibility index (Phi) is 4.31. The number of hydrogen-bond donors (Lipinski definition) is 0. The zero-order valence-corrected chi connectivity index (χ0v) is 14.9. The predicted molar refractivity (Wildman–Crippen MR) is 95.7 cm³/mol. The molecule has 0 N–H and O–H groups in total. The van der Waals surface area contributed by atoms with Crippen molar-refractivity contribution < 1.29 is 17.9 Å². The number of benzene rings is 2. The van der Waals surface area contributed by atoms with Crippen LogP contribution in [0.4, 0.5) is 13.2 Å². The van der Waals surface area contributed by atoms with E-state index in [0.717, 1.165) is 33.1 Å². The second kappa shape index (κ2) is 6.66. The highest BCUT2D eigenvalue weighted by Gasteiger charge is 2.29. The van der Waals surface area contributed by atoms with Crippen LogP contribution >= 0.6 is 11.3 Å². The van der Waals surface area contributed by atoms with E-state index in [9.17, 15) is 13.2 Å². The Morgan fingerprint density at radius 3 is 2.59 bits per heavy atom. The number of thiazole rings is 1. The predicted octanol–water partition coefficient (Wildman–Crippen LogP) is 4.63. The van der Waals surface area contributed by atoms with E-state index in [4.69, 9.17) is 4.74 Å². The summed E-state index contributed by atoms with van der Waals surface area (Å²) in [5, 5.41) is 8.90. The van der Waals surface area contributed by atoms with Gasteiger partial charge in [0.25, 0.3) is 0 Å². The molecule has 4 aromatic rings. The topological polar surface area (TPSA) is 52.8 Å². The van der Waals surface area contributed by atoms with Crippen molar-refractivity contribution in [1.29, 1.82) is 0 Å². The monoisotopic (exact) mass is 390 g/mol. The van der Waals surface area contributed by atoms with Gasteiger partial charge >= 0.3 is 6.18 Å². The van der Waals surface area contributed by atoms with Crippen molar-refractivity contribution in [2.45, 2.75) is 12.7 Å². The summed E-state index contributed by atoms with van der Waals surface area (Å²) in [5.41, 5.74) is 1.49. The third-order valence-corrected chi connectivity index (χ3v) is 5.02. The van der Waals surface area contributed by atoms with Crippen molar-refractivity contribution in [1.82, 2.24) is 20.0 Å². The average molecular weight is 390 g/mol. The summed E-state index contributed by atoms with van der Waals surface area (Å²) >= 11 is 1.47. The van der Waals surface area contributed by atoms with E-state index in [2.05, 4.69) is 15.3 Å². The number of alkyl halides is 3. The van der Waals surface area contributed by atoms with Crippen LogP contribution in [-0.2, 0) is 12.7 Å². The third-order valence-electron chi connectivity index (χ3n) is 3.98. The molecule has 0 spiro atoms. The standard InChI is InChI=1S/C18H13F3N4OS/c1-26-13-6-7-14-16(8-13)27-17(22-14)15-10-25(24-23-15)9-11-2-4-12(5-3-11)18(19,20)21/h2-8,10H,9H2,1H3. The molecule has 2 heterocycles.